The second kappa shape index (κ2) is 3.24. The van der Waals surface area contributed by atoms with E-state index in [0.29, 0.717) is 0 Å². The van der Waals surface area contributed by atoms with Crippen LogP contribution in [0.2, 0.25) is 0 Å². The summed E-state index contributed by atoms with van der Waals surface area (Å²) in [5.41, 5.74) is 2.42. The molecule has 0 spiro atoms. The molecule has 3 rings (SSSR count). The molecule has 0 amide bonds. The predicted molar refractivity (Wildman–Crippen MR) is 55.5 cm³/mol. The van der Waals surface area contributed by atoms with Gasteiger partial charge in [-0.2, -0.15) is 0 Å². The van der Waals surface area contributed by atoms with Gasteiger partial charge in [0.15, 0.2) is 0 Å². The Bertz CT molecular complexity index is 472. The first-order valence-corrected chi connectivity index (χ1v) is 5.12. The molecule has 2 aromatic rings. The standard InChI is InChI=1S/C11H13N3O/c1-14-7-12-6-9(14)11-8-3-5-15-10(8)2-4-13-11/h3,5-7,11,13H,2,4H2,1H3. The minimum atomic E-state index is 0.222. The summed E-state index contributed by atoms with van der Waals surface area (Å²) < 4.78 is 7.50. The molecule has 0 aliphatic carbocycles. The number of imidazole rings is 1. The molecule has 1 aliphatic heterocycles. The van der Waals surface area contributed by atoms with Crippen molar-refractivity contribution in [2.24, 2.45) is 7.05 Å². The van der Waals surface area contributed by atoms with Crippen LogP contribution < -0.4 is 5.32 Å². The van der Waals surface area contributed by atoms with Crippen molar-refractivity contribution in [1.29, 1.82) is 0 Å². The summed E-state index contributed by atoms with van der Waals surface area (Å²) in [6.45, 7) is 0.955. The molecule has 2 aromatic heterocycles. The van der Waals surface area contributed by atoms with Crippen molar-refractivity contribution in [2.45, 2.75) is 12.5 Å². The van der Waals surface area contributed by atoms with Crippen LogP contribution in [0.1, 0.15) is 23.1 Å². The van der Waals surface area contributed by atoms with Gasteiger partial charge in [-0.1, -0.05) is 0 Å². The third kappa shape index (κ3) is 1.29. The Balaban J connectivity index is 2.07. The fraction of sp³-hybridized carbons (Fsp3) is 0.364. The largest absolute Gasteiger partial charge is 0.469 e. The molecule has 4 heteroatoms. The van der Waals surface area contributed by atoms with Crippen molar-refractivity contribution in [3.63, 3.8) is 0 Å². The normalized spacial score (nSPS) is 20.2. The van der Waals surface area contributed by atoms with Gasteiger partial charge in [0.05, 0.1) is 30.5 Å². The van der Waals surface area contributed by atoms with Crippen molar-refractivity contribution >= 4 is 0 Å². The summed E-state index contributed by atoms with van der Waals surface area (Å²) in [6.07, 6.45) is 6.46. The minimum absolute atomic E-state index is 0.222. The maximum Gasteiger partial charge on any atom is 0.110 e. The molecule has 1 N–H and O–H groups in total. The summed E-state index contributed by atoms with van der Waals surface area (Å²) in [5, 5.41) is 3.48. The SMILES string of the molecule is Cn1cncc1C1NCCc2occc21. The van der Waals surface area contributed by atoms with Crippen LogP contribution in [0.15, 0.2) is 29.3 Å². The monoisotopic (exact) mass is 203 g/mol. The van der Waals surface area contributed by atoms with Gasteiger partial charge in [0.25, 0.3) is 0 Å². The van der Waals surface area contributed by atoms with Gasteiger partial charge < -0.3 is 14.3 Å². The van der Waals surface area contributed by atoms with E-state index >= 15 is 0 Å². The zero-order valence-corrected chi connectivity index (χ0v) is 8.60. The summed E-state index contributed by atoms with van der Waals surface area (Å²) in [4.78, 5) is 4.15. The van der Waals surface area contributed by atoms with Crippen molar-refractivity contribution in [2.75, 3.05) is 6.54 Å². The number of hydrogen-bond donors (Lipinski definition) is 1. The smallest absolute Gasteiger partial charge is 0.110 e. The summed E-state index contributed by atoms with van der Waals surface area (Å²) in [7, 11) is 2.01. The molecule has 78 valence electrons. The Hall–Kier alpha value is -1.55. The lowest BCUT2D eigenvalue weighted by molar-refractivity contribution is 0.449. The van der Waals surface area contributed by atoms with Gasteiger partial charge in [-0.3, -0.25) is 0 Å². The maximum atomic E-state index is 5.45. The van der Waals surface area contributed by atoms with Crippen LogP contribution in [0.5, 0.6) is 0 Å². The number of nitrogens with one attached hydrogen (secondary N) is 1. The minimum Gasteiger partial charge on any atom is -0.469 e. The Kier molecular flexibility index (Phi) is 1.89. The van der Waals surface area contributed by atoms with E-state index < -0.39 is 0 Å². The average Bonchev–Trinajstić information content (AvgIpc) is 2.85. The number of aromatic nitrogens is 2. The highest BCUT2D eigenvalue weighted by atomic mass is 16.3. The number of fused-ring (bicyclic) bond motifs is 1. The van der Waals surface area contributed by atoms with E-state index in [1.165, 1.54) is 11.3 Å². The van der Waals surface area contributed by atoms with Gasteiger partial charge >= 0.3 is 0 Å². The van der Waals surface area contributed by atoms with E-state index in [1.54, 1.807) is 6.26 Å². The highest BCUT2D eigenvalue weighted by Gasteiger charge is 2.25. The van der Waals surface area contributed by atoms with Crippen LogP contribution in [-0.4, -0.2) is 16.1 Å². The molecule has 1 unspecified atom stereocenters. The zero-order valence-electron chi connectivity index (χ0n) is 8.60. The fourth-order valence-electron chi connectivity index (χ4n) is 2.16. The zero-order chi connectivity index (χ0) is 10.3. The van der Waals surface area contributed by atoms with E-state index in [0.717, 1.165) is 18.7 Å². The molecule has 0 radical (unpaired) electrons. The molecule has 4 nitrogen and oxygen atoms in total. The lowest BCUT2D eigenvalue weighted by atomic mass is 9.99. The first-order valence-electron chi connectivity index (χ1n) is 5.12. The summed E-state index contributed by atoms with van der Waals surface area (Å²) >= 11 is 0. The van der Waals surface area contributed by atoms with Crippen molar-refractivity contribution in [3.05, 3.63) is 41.9 Å². The Morgan fingerprint density at radius 1 is 1.60 bits per heavy atom. The molecule has 0 fully saturated rings. The summed E-state index contributed by atoms with van der Waals surface area (Å²) in [6, 6.07) is 2.26. The lowest BCUT2D eigenvalue weighted by Crippen LogP contribution is -2.30. The third-order valence-electron chi connectivity index (χ3n) is 2.94. The lowest BCUT2D eigenvalue weighted by Gasteiger charge is -2.23. The molecule has 1 atom stereocenters. The highest BCUT2D eigenvalue weighted by Crippen LogP contribution is 2.28. The Morgan fingerprint density at radius 3 is 3.33 bits per heavy atom. The first kappa shape index (κ1) is 8.73. The first-order chi connectivity index (χ1) is 7.36. The van der Waals surface area contributed by atoms with Gasteiger partial charge in [0, 0.05) is 25.6 Å². The van der Waals surface area contributed by atoms with E-state index in [2.05, 4.69) is 10.3 Å². The molecule has 0 saturated carbocycles. The highest BCUT2D eigenvalue weighted by molar-refractivity contribution is 5.31. The third-order valence-corrected chi connectivity index (χ3v) is 2.94. The number of aryl methyl sites for hydroxylation is 1. The molecule has 0 aromatic carbocycles. The number of hydrogen-bond acceptors (Lipinski definition) is 3. The van der Waals surface area contributed by atoms with Crippen LogP contribution in [-0.2, 0) is 13.5 Å². The average molecular weight is 203 g/mol. The second-order valence-electron chi connectivity index (χ2n) is 3.87. The molecule has 0 saturated heterocycles. The van der Waals surface area contributed by atoms with Gasteiger partial charge in [0.1, 0.15) is 5.76 Å². The molecule has 0 bridgehead atoms. The Morgan fingerprint density at radius 2 is 2.53 bits per heavy atom. The van der Waals surface area contributed by atoms with Crippen molar-refractivity contribution < 1.29 is 4.42 Å². The van der Waals surface area contributed by atoms with Gasteiger partial charge in [-0.25, -0.2) is 4.98 Å². The topological polar surface area (TPSA) is 43.0 Å². The molecule has 3 heterocycles. The predicted octanol–water partition coefficient (Wildman–Crippen LogP) is 1.25. The van der Waals surface area contributed by atoms with Crippen LogP contribution in [0.25, 0.3) is 0 Å². The number of nitrogens with zero attached hydrogens (tertiary/aromatic N) is 2. The molecule has 1 aliphatic rings. The van der Waals surface area contributed by atoms with Gasteiger partial charge in [0.2, 0.25) is 0 Å². The van der Waals surface area contributed by atoms with Gasteiger partial charge in [-0.05, 0) is 6.07 Å². The van der Waals surface area contributed by atoms with Gasteiger partial charge in [-0.15, -0.1) is 0 Å². The van der Waals surface area contributed by atoms with Crippen molar-refractivity contribution in [3.8, 4) is 0 Å². The quantitative estimate of drug-likeness (QED) is 0.758. The number of furan rings is 1. The van der Waals surface area contributed by atoms with E-state index in [4.69, 9.17) is 4.42 Å². The van der Waals surface area contributed by atoms with Crippen molar-refractivity contribution in [1.82, 2.24) is 14.9 Å². The summed E-state index contributed by atoms with van der Waals surface area (Å²) in [5.74, 6) is 1.10. The molecular formula is C11H13N3O. The van der Waals surface area contributed by atoms with E-state index in [9.17, 15) is 0 Å². The number of rotatable bonds is 1. The second-order valence-corrected chi connectivity index (χ2v) is 3.87. The van der Waals surface area contributed by atoms with Crippen LogP contribution in [0.4, 0.5) is 0 Å². The van der Waals surface area contributed by atoms with Crippen LogP contribution >= 0.6 is 0 Å². The van der Waals surface area contributed by atoms with E-state index in [-0.39, 0.29) is 6.04 Å². The maximum absolute atomic E-state index is 5.45. The van der Waals surface area contributed by atoms with Crippen LogP contribution in [0, 0.1) is 0 Å². The fourth-order valence-corrected chi connectivity index (χ4v) is 2.16. The van der Waals surface area contributed by atoms with Crippen LogP contribution in [0.3, 0.4) is 0 Å². The molecular weight excluding hydrogens is 190 g/mol. The van der Waals surface area contributed by atoms with E-state index in [1.807, 2.05) is 30.2 Å². The molecule has 15 heavy (non-hydrogen) atoms. The Labute approximate surface area is 87.9 Å².